The first-order valence-electron chi connectivity index (χ1n) is 8.44. The standard InChI is InChI=1S/C18H28N2/c1-2-6-18-17-8-7-15(13-16(17)9-10-19-18)14-20-11-4-3-5-12-20/h7-8,13,18-19H,2-6,9-12,14H2,1H3. The van der Waals surface area contributed by atoms with Crippen LogP contribution in [0, 0.1) is 0 Å². The van der Waals surface area contributed by atoms with Crippen molar-refractivity contribution in [1.82, 2.24) is 10.2 Å². The van der Waals surface area contributed by atoms with E-state index in [1.54, 1.807) is 11.1 Å². The van der Waals surface area contributed by atoms with E-state index in [-0.39, 0.29) is 0 Å². The fourth-order valence-corrected chi connectivity index (χ4v) is 3.73. The third-order valence-corrected chi connectivity index (χ3v) is 4.80. The average molecular weight is 272 g/mol. The molecular formula is C18H28N2. The lowest BCUT2D eigenvalue weighted by Crippen LogP contribution is -2.31. The van der Waals surface area contributed by atoms with E-state index in [4.69, 9.17) is 0 Å². The van der Waals surface area contributed by atoms with E-state index in [1.165, 1.54) is 57.2 Å². The molecule has 3 rings (SSSR count). The first-order chi connectivity index (χ1) is 9.86. The first-order valence-corrected chi connectivity index (χ1v) is 8.44. The van der Waals surface area contributed by atoms with Gasteiger partial charge in [-0.3, -0.25) is 4.90 Å². The van der Waals surface area contributed by atoms with Crippen molar-refractivity contribution in [3.05, 3.63) is 34.9 Å². The van der Waals surface area contributed by atoms with Crippen LogP contribution in [-0.2, 0) is 13.0 Å². The topological polar surface area (TPSA) is 15.3 Å². The van der Waals surface area contributed by atoms with Gasteiger partial charge in [-0.2, -0.15) is 0 Å². The molecule has 1 aromatic rings. The molecule has 0 aromatic heterocycles. The van der Waals surface area contributed by atoms with Gasteiger partial charge in [0.05, 0.1) is 0 Å². The fraction of sp³-hybridized carbons (Fsp3) is 0.667. The summed E-state index contributed by atoms with van der Waals surface area (Å²) in [5.74, 6) is 0. The highest BCUT2D eigenvalue weighted by molar-refractivity contribution is 5.36. The molecule has 2 aliphatic rings. The average Bonchev–Trinajstić information content (AvgIpc) is 2.49. The Balaban J connectivity index is 1.71. The van der Waals surface area contributed by atoms with Crippen LogP contribution in [0.1, 0.15) is 61.8 Å². The summed E-state index contributed by atoms with van der Waals surface area (Å²) in [5.41, 5.74) is 4.67. The predicted molar refractivity (Wildman–Crippen MR) is 84.9 cm³/mol. The van der Waals surface area contributed by atoms with Gasteiger partial charge < -0.3 is 5.32 Å². The van der Waals surface area contributed by atoms with Crippen molar-refractivity contribution in [2.24, 2.45) is 0 Å². The second-order valence-electron chi connectivity index (χ2n) is 6.42. The number of hydrogen-bond acceptors (Lipinski definition) is 2. The fourth-order valence-electron chi connectivity index (χ4n) is 3.73. The SMILES string of the molecule is CCCC1NCCc2cc(CN3CCCCC3)ccc21. The number of nitrogens with zero attached hydrogens (tertiary/aromatic N) is 1. The van der Waals surface area contributed by atoms with Crippen molar-refractivity contribution in [1.29, 1.82) is 0 Å². The summed E-state index contributed by atoms with van der Waals surface area (Å²) in [6.07, 6.45) is 7.90. The highest BCUT2D eigenvalue weighted by Crippen LogP contribution is 2.27. The quantitative estimate of drug-likeness (QED) is 0.900. The molecule has 1 unspecified atom stereocenters. The van der Waals surface area contributed by atoms with Crippen LogP contribution < -0.4 is 5.32 Å². The summed E-state index contributed by atoms with van der Waals surface area (Å²) in [6.45, 7) is 7.15. The minimum atomic E-state index is 0.591. The van der Waals surface area contributed by atoms with Gasteiger partial charge in [-0.25, -0.2) is 0 Å². The highest BCUT2D eigenvalue weighted by atomic mass is 15.1. The molecule has 2 aliphatic heterocycles. The zero-order valence-electron chi connectivity index (χ0n) is 12.8. The summed E-state index contributed by atoms with van der Waals surface area (Å²) < 4.78 is 0. The van der Waals surface area contributed by atoms with Crippen LogP contribution in [0.4, 0.5) is 0 Å². The minimum absolute atomic E-state index is 0.591. The van der Waals surface area contributed by atoms with Crippen molar-refractivity contribution in [3.63, 3.8) is 0 Å². The van der Waals surface area contributed by atoms with Crippen molar-refractivity contribution in [2.45, 2.75) is 58.0 Å². The zero-order valence-corrected chi connectivity index (χ0v) is 12.8. The maximum Gasteiger partial charge on any atom is 0.0323 e. The third kappa shape index (κ3) is 3.24. The molecule has 2 nitrogen and oxygen atoms in total. The number of fused-ring (bicyclic) bond motifs is 1. The van der Waals surface area contributed by atoms with E-state index >= 15 is 0 Å². The van der Waals surface area contributed by atoms with Crippen molar-refractivity contribution < 1.29 is 0 Å². The van der Waals surface area contributed by atoms with Crippen LogP contribution in [0.25, 0.3) is 0 Å². The Morgan fingerprint density at radius 1 is 1.20 bits per heavy atom. The van der Waals surface area contributed by atoms with Crippen LogP contribution in [0.15, 0.2) is 18.2 Å². The van der Waals surface area contributed by atoms with Crippen LogP contribution in [-0.4, -0.2) is 24.5 Å². The molecule has 110 valence electrons. The Hall–Kier alpha value is -0.860. The molecule has 1 fully saturated rings. The number of hydrogen-bond donors (Lipinski definition) is 1. The molecule has 1 N–H and O–H groups in total. The smallest absolute Gasteiger partial charge is 0.0323 e. The van der Waals surface area contributed by atoms with Gasteiger partial charge in [-0.15, -0.1) is 0 Å². The third-order valence-electron chi connectivity index (χ3n) is 4.80. The number of rotatable bonds is 4. The van der Waals surface area contributed by atoms with Crippen LogP contribution >= 0.6 is 0 Å². The molecule has 2 heterocycles. The molecule has 0 bridgehead atoms. The van der Waals surface area contributed by atoms with Crippen molar-refractivity contribution in [3.8, 4) is 0 Å². The monoisotopic (exact) mass is 272 g/mol. The van der Waals surface area contributed by atoms with E-state index in [2.05, 4.69) is 35.3 Å². The second kappa shape index (κ2) is 6.73. The molecule has 0 spiro atoms. The normalized spacial score (nSPS) is 23.6. The van der Waals surface area contributed by atoms with Gasteiger partial charge in [0.1, 0.15) is 0 Å². The van der Waals surface area contributed by atoms with Gasteiger partial charge in [0, 0.05) is 12.6 Å². The largest absolute Gasteiger partial charge is 0.310 e. The lowest BCUT2D eigenvalue weighted by molar-refractivity contribution is 0.221. The molecule has 1 aromatic carbocycles. The molecule has 0 aliphatic carbocycles. The predicted octanol–water partition coefficient (Wildman–Crippen LogP) is 3.66. The molecular weight excluding hydrogens is 244 g/mol. The van der Waals surface area contributed by atoms with Crippen LogP contribution in [0.5, 0.6) is 0 Å². The molecule has 20 heavy (non-hydrogen) atoms. The molecule has 1 atom stereocenters. The van der Waals surface area contributed by atoms with E-state index < -0.39 is 0 Å². The molecule has 0 saturated carbocycles. The summed E-state index contributed by atoms with van der Waals surface area (Å²) in [6, 6.07) is 7.82. The summed E-state index contributed by atoms with van der Waals surface area (Å²) >= 11 is 0. The van der Waals surface area contributed by atoms with Gasteiger partial charge in [0.25, 0.3) is 0 Å². The van der Waals surface area contributed by atoms with Gasteiger partial charge in [-0.1, -0.05) is 38.0 Å². The summed E-state index contributed by atoms with van der Waals surface area (Å²) in [5, 5.41) is 3.67. The van der Waals surface area contributed by atoms with Crippen LogP contribution in [0.3, 0.4) is 0 Å². The van der Waals surface area contributed by atoms with Gasteiger partial charge >= 0.3 is 0 Å². The lowest BCUT2D eigenvalue weighted by Gasteiger charge is -2.29. The Kier molecular flexibility index (Phi) is 4.74. The molecule has 1 saturated heterocycles. The Morgan fingerprint density at radius 3 is 2.85 bits per heavy atom. The Morgan fingerprint density at radius 2 is 2.05 bits per heavy atom. The minimum Gasteiger partial charge on any atom is -0.310 e. The van der Waals surface area contributed by atoms with Gasteiger partial charge in [0.15, 0.2) is 0 Å². The van der Waals surface area contributed by atoms with Crippen molar-refractivity contribution >= 4 is 0 Å². The zero-order chi connectivity index (χ0) is 13.8. The van der Waals surface area contributed by atoms with Gasteiger partial charge in [0.2, 0.25) is 0 Å². The maximum atomic E-state index is 3.67. The number of nitrogens with one attached hydrogen (secondary N) is 1. The number of piperidine rings is 1. The highest BCUT2D eigenvalue weighted by Gasteiger charge is 2.19. The molecule has 0 radical (unpaired) electrons. The summed E-state index contributed by atoms with van der Waals surface area (Å²) in [7, 11) is 0. The number of benzene rings is 1. The summed E-state index contributed by atoms with van der Waals surface area (Å²) in [4.78, 5) is 2.62. The first kappa shape index (κ1) is 14.1. The molecule has 2 heteroatoms. The van der Waals surface area contributed by atoms with Crippen molar-refractivity contribution in [2.75, 3.05) is 19.6 Å². The van der Waals surface area contributed by atoms with E-state index in [0.717, 1.165) is 13.1 Å². The maximum absolute atomic E-state index is 3.67. The van der Waals surface area contributed by atoms with Crippen LogP contribution in [0.2, 0.25) is 0 Å². The van der Waals surface area contributed by atoms with E-state index in [1.807, 2.05) is 0 Å². The van der Waals surface area contributed by atoms with E-state index in [9.17, 15) is 0 Å². The Bertz CT molecular complexity index is 435. The Labute approximate surface area is 123 Å². The second-order valence-corrected chi connectivity index (χ2v) is 6.42. The molecule has 0 amide bonds. The van der Waals surface area contributed by atoms with Gasteiger partial charge in [-0.05, 0) is 62.0 Å². The van der Waals surface area contributed by atoms with E-state index in [0.29, 0.717) is 6.04 Å². The lowest BCUT2D eigenvalue weighted by atomic mass is 9.90. The number of likely N-dealkylation sites (tertiary alicyclic amines) is 1.